The molecule has 0 unspecified atom stereocenters. The smallest absolute Gasteiger partial charge is 0.243 e. The average molecular weight is 298 g/mol. The van der Waals surface area contributed by atoms with Gasteiger partial charge in [0, 0.05) is 25.5 Å². The number of sulfonamides is 1. The van der Waals surface area contributed by atoms with Crippen LogP contribution in [0.15, 0.2) is 29.4 Å². The summed E-state index contributed by atoms with van der Waals surface area (Å²) < 4.78 is 26.9. The number of unbranched alkanes of at least 4 members (excludes halogenated alkanes) is 1. The highest BCUT2D eigenvalue weighted by Crippen LogP contribution is 2.22. The van der Waals surface area contributed by atoms with Crippen LogP contribution in [0, 0.1) is 5.41 Å². The van der Waals surface area contributed by atoms with Crippen molar-refractivity contribution < 1.29 is 8.42 Å². The van der Waals surface area contributed by atoms with Crippen molar-refractivity contribution in [3.05, 3.63) is 24.5 Å². The lowest BCUT2D eigenvalue weighted by molar-refractivity contribution is 0.308. The quantitative estimate of drug-likeness (QED) is 0.776. The number of hydrogen-bond acceptors (Lipinski definition) is 3. The largest absolute Gasteiger partial charge is 0.265 e. The fraction of sp³-hybridized carbons (Fsp3) is 0.667. The molecular weight excluding hydrogens is 272 g/mol. The lowest BCUT2D eigenvalue weighted by Crippen LogP contribution is -2.34. The van der Waals surface area contributed by atoms with Gasteiger partial charge in [-0.3, -0.25) is 4.98 Å². The van der Waals surface area contributed by atoms with E-state index < -0.39 is 10.0 Å². The fourth-order valence-corrected chi connectivity index (χ4v) is 3.27. The highest BCUT2D eigenvalue weighted by Gasteiger charge is 2.25. The molecule has 20 heavy (non-hydrogen) atoms. The highest BCUT2D eigenvalue weighted by atomic mass is 32.2. The first kappa shape index (κ1) is 17.1. The molecule has 0 radical (unpaired) electrons. The number of rotatable bonds is 7. The van der Waals surface area contributed by atoms with Crippen molar-refractivity contribution in [2.75, 3.05) is 13.1 Å². The maximum atomic E-state index is 12.7. The van der Waals surface area contributed by atoms with Crippen LogP contribution >= 0.6 is 0 Å². The van der Waals surface area contributed by atoms with Gasteiger partial charge in [-0.2, -0.15) is 4.31 Å². The van der Waals surface area contributed by atoms with Crippen LogP contribution in [-0.4, -0.2) is 30.8 Å². The summed E-state index contributed by atoms with van der Waals surface area (Å²) in [5.74, 6) is 0. The summed E-state index contributed by atoms with van der Waals surface area (Å²) in [4.78, 5) is 4.21. The molecule has 5 heteroatoms. The molecule has 0 aromatic carbocycles. The Labute approximate surface area is 123 Å². The van der Waals surface area contributed by atoms with Crippen molar-refractivity contribution in [3.63, 3.8) is 0 Å². The van der Waals surface area contributed by atoms with E-state index in [1.165, 1.54) is 12.4 Å². The minimum absolute atomic E-state index is 0.123. The molecular formula is C15H26N2O2S. The van der Waals surface area contributed by atoms with Crippen LogP contribution in [0.25, 0.3) is 0 Å². The topological polar surface area (TPSA) is 50.3 Å². The van der Waals surface area contributed by atoms with Gasteiger partial charge in [0.25, 0.3) is 0 Å². The summed E-state index contributed by atoms with van der Waals surface area (Å²) in [6, 6.07) is 3.12. The van der Waals surface area contributed by atoms with Crippen molar-refractivity contribution in [2.24, 2.45) is 5.41 Å². The Kier molecular flexibility index (Phi) is 6.14. The molecule has 0 aliphatic carbocycles. The van der Waals surface area contributed by atoms with Gasteiger partial charge in [0.1, 0.15) is 0 Å². The van der Waals surface area contributed by atoms with Crippen LogP contribution < -0.4 is 0 Å². The first-order valence-corrected chi connectivity index (χ1v) is 8.61. The molecule has 4 nitrogen and oxygen atoms in total. The van der Waals surface area contributed by atoms with E-state index in [0.717, 1.165) is 19.3 Å². The number of hydrogen-bond donors (Lipinski definition) is 0. The first-order chi connectivity index (χ1) is 9.27. The minimum atomic E-state index is -3.40. The normalized spacial score (nSPS) is 12.8. The Morgan fingerprint density at radius 3 is 2.25 bits per heavy atom. The molecule has 0 aliphatic rings. The van der Waals surface area contributed by atoms with Gasteiger partial charge in [-0.15, -0.1) is 0 Å². The van der Waals surface area contributed by atoms with Gasteiger partial charge in [-0.05, 0) is 30.4 Å². The van der Waals surface area contributed by atoms with E-state index in [0.29, 0.717) is 18.0 Å². The van der Waals surface area contributed by atoms with Gasteiger partial charge in [0.15, 0.2) is 0 Å². The van der Waals surface area contributed by atoms with Crippen molar-refractivity contribution in [3.8, 4) is 0 Å². The molecule has 0 atom stereocenters. The van der Waals surface area contributed by atoms with Crippen LogP contribution in [0.4, 0.5) is 0 Å². The molecule has 0 amide bonds. The average Bonchev–Trinajstić information content (AvgIpc) is 2.38. The molecule has 0 fully saturated rings. The standard InChI is InChI=1S/C15H26N2O2S/c1-5-6-12-17(13-9-15(2,3)4)20(18,19)14-7-10-16-11-8-14/h7-8,10-11H,5-6,9,12-13H2,1-4H3. The van der Waals surface area contributed by atoms with Gasteiger partial charge in [-0.25, -0.2) is 8.42 Å². The summed E-state index contributed by atoms with van der Waals surface area (Å²) in [6.45, 7) is 9.60. The maximum absolute atomic E-state index is 12.7. The summed E-state index contributed by atoms with van der Waals surface area (Å²) >= 11 is 0. The number of nitrogens with zero attached hydrogens (tertiary/aromatic N) is 2. The Morgan fingerprint density at radius 2 is 1.75 bits per heavy atom. The van der Waals surface area contributed by atoms with E-state index in [9.17, 15) is 8.42 Å². The number of aromatic nitrogens is 1. The zero-order valence-corrected chi connectivity index (χ0v) is 13.8. The molecule has 0 saturated carbocycles. The monoisotopic (exact) mass is 298 g/mol. The Morgan fingerprint density at radius 1 is 1.15 bits per heavy atom. The molecule has 0 N–H and O–H groups in total. The van der Waals surface area contributed by atoms with Crippen molar-refractivity contribution in [2.45, 2.75) is 51.9 Å². The fourth-order valence-electron chi connectivity index (χ4n) is 1.81. The van der Waals surface area contributed by atoms with Gasteiger partial charge >= 0.3 is 0 Å². The van der Waals surface area contributed by atoms with E-state index in [-0.39, 0.29) is 5.41 Å². The molecule has 1 rings (SSSR count). The lowest BCUT2D eigenvalue weighted by atomic mass is 9.92. The predicted octanol–water partition coefficient (Wildman–Crippen LogP) is 3.31. The second-order valence-corrected chi connectivity index (χ2v) is 8.19. The molecule has 1 aromatic rings. The zero-order chi connectivity index (χ0) is 15.2. The van der Waals surface area contributed by atoms with E-state index in [1.54, 1.807) is 16.4 Å². The molecule has 1 heterocycles. The van der Waals surface area contributed by atoms with E-state index >= 15 is 0 Å². The third-order valence-corrected chi connectivity index (χ3v) is 5.07. The number of pyridine rings is 1. The molecule has 0 spiro atoms. The molecule has 114 valence electrons. The second-order valence-electron chi connectivity index (χ2n) is 6.25. The Balaban J connectivity index is 2.92. The van der Waals surface area contributed by atoms with Crippen LogP contribution in [0.5, 0.6) is 0 Å². The second kappa shape index (κ2) is 7.18. The van der Waals surface area contributed by atoms with Gasteiger partial charge in [0.2, 0.25) is 10.0 Å². The molecule has 0 aliphatic heterocycles. The summed E-state index contributed by atoms with van der Waals surface area (Å²) in [5.41, 5.74) is 0.123. The molecule has 0 saturated heterocycles. The summed E-state index contributed by atoms with van der Waals surface area (Å²) in [7, 11) is -3.40. The van der Waals surface area contributed by atoms with E-state index in [1.807, 2.05) is 0 Å². The van der Waals surface area contributed by atoms with Crippen molar-refractivity contribution in [1.29, 1.82) is 0 Å². The zero-order valence-electron chi connectivity index (χ0n) is 13.0. The lowest BCUT2D eigenvalue weighted by Gasteiger charge is -2.26. The van der Waals surface area contributed by atoms with Gasteiger partial charge < -0.3 is 0 Å². The third-order valence-electron chi connectivity index (χ3n) is 3.16. The predicted molar refractivity (Wildman–Crippen MR) is 82.0 cm³/mol. The van der Waals surface area contributed by atoms with Crippen molar-refractivity contribution in [1.82, 2.24) is 9.29 Å². The summed E-state index contributed by atoms with van der Waals surface area (Å²) in [6.07, 6.45) is 5.76. The van der Waals surface area contributed by atoms with E-state index in [2.05, 4.69) is 32.7 Å². The van der Waals surface area contributed by atoms with Gasteiger partial charge in [-0.1, -0.05) is 34.1 Å². The summed E-state index contributed by atoms with van der Waals surface area (Å²) in [5, 5.41) is 0. The van der Waals surface area contributed by atoms with E-state index in [4.69, 9.17) is 0 Å². The van der Waals surface area contributed by atoms with Gasteiger partial charge in [0.05, 0.1) is 4.90 Å². The molecule has 0 bridgehead atoms. The maximum Gasteiger partial charge on any atom is 0.243 e. The van der Waals surface area contributed by atoms with Crippen LogP contribution in [0.2, 0.25) is 0 Å². The highest BCUT2D eigenvalue weighted by molar-refractivity contribution is 7.89. The Bertz CT molecular complexity index is 492. The van der Waals surface area contributed by atoms with Crippen LogP contribution in [0.3, 0.4) is 0 Å². The Hall–Kier alpha value is -0.940. The van der Waals surface area contributed by atoms with Crippen LogP contribution in [-0.2, 0) is 10.0 Å². The SMILES string of the molecule is CCCCN(CCC(C)(C)C)S(=O)(=O)c1ccncc1. The molecule has 1 aromatic heterocycles. The minimum Gasteiger partial charge on any atom is -0.265 e. The first-order valence-electron chi connectivity index (χ1n) is 7.17. The van der Waals surface area contributed by atoms with Crippen molar-refractivity contribution >= 4 is 10.0 Å². The van der Waals surface area contributed by atoms with Crippen LogP contribution in [0.1, 0.15) is 47.0 Å². The third kappa shape index (κ3) is 5.21.